The average Bonchev–Trinajstić information content (AvgIpc) is 3.46. The number of carbonyl (C=O) groups excluding carboxylic acids is 1. The van der Waals surface area contributed by atoms with Crippen molar-refractivity contribution in [1.82, 2.24) is 14.2 Å². The Balaban J connectivity index is 1.46. The molecule has 0 radical (unpaired) electrons. The maximum Gasteiger partial charge on any atom is 0.254 e. The summed E-state index contributed by atoms with van der Waals surface area (Å²) < 4.78 is 29.0. The fourth-order valence-corrected chi connectivity index (χ4v) is 7.36. The fraction of sp³-hybridized carbons (Fsp3) is 0.417. The maximum atomic E-state index is 13.6. The van der Waals surface area contributed by atoms with Crippen molar-refractivity contribution in [2.24, 2.45) is 0 Å². The summed E-state index contributed by atoms with van der Waals surface area (Å²) in [7, 11) is -3.59. The van der Waals surface area contributed by atoms with Crippen LogP contribution in [0.3, 0.4) is 0 Å². The number of carbonyl (C=O) groups is 1. The van der Waals surface area contributed by atoms with Gasteiger partial charge in [-0.25, -0.2) is 13.4 Å². The average molecular weight is 470 g/mol. The van der Waals surface area contributed by atoms with Crippen molar-refractivity contribution in [3.63, 3.8) is 0 Å². The van der Waals surface area contributed by atoms with E-state index in [1.807, 2.05) is 30.0 Å². The number of para-hydroxylation sites is 1. The Morgan fingerprint density at radius 2 is 1.81 bits per heavy atom. The number of hydrogen-bond acceptors (Lipinski definition) is 5. The van der Waals surface area contributed by atoms with Crippen LogP contribution in [-0.4, -0.2) is 48.1 Å². The van der Waals surface area contributed by atoms with Crippen LogP contribution in [0.1, 0.15) is 59.1 Å². The third-order valence-corrected chi connectivity index (χ3v) is 9.53. The van der Waals surface area contributed by atoms with Gasteiger partial charge in [-0.2, -0.15) is 4.31 Å². The Labute approximate surface area is 192 Å². The predicted molar refractivity (Wildman–Crippen MR) is 126 cm³/mol. The lowest BCUT2D eigenvalue weighted by Crippen LogP contribution is -2.36. The lowest BCUT2D eigenvalue weighted by Gasteiger charge is -2.27. The van der Waals surface area contributed by atoms with Crippen molar-refractivity contribution in [1.29, 1.82) is 0 Å². The van der Waals surface area contributed by atoms with Gasteiger partial charge >= 0.3 is 0 Å². The molecular formula is C24H27N3O3S2. The molecule has 168 valence electrons. The van der Waals surface area contributed by atoms with Crippen molar-refractivity contribution >= 4 is 37.5 Å². The third kappa shape index (κ3) is 3.84. The Morgan fingerprint density at radius 3 is 2.59 bits per heavy atom. The smallest absolute Gasteiger partial charge is 0.254 e. The summed E-state index contributed by atoms with van der Waals surface area (Å²) in [6.07, 6.45) is 4.61. The number of sulfonamides is 1. The molecular weight excluding hydrogens is 442 g/mol. The molecule has 2 aromatic carbocycles. The van der Waals surface area contributed by atoms with E-state index >= 15 is 0 Å². The second-order valence-corrected chi connectivity index (χ2v) is 11.6. The first-order valence-electron chi connectivity index (χ1n) is 11.2. The number of aromatic nitrogens is 1. The zero-order valence-corrected chi connectivity index (χ0v) is 19.8. The molecule has 1 amide bonds. The van der Waals surface area contributed by atoms with E-state index in [0.29, 0.717) is 25.2 Å². The van der Waals surface area contributed by atoms with Crippen LogP contribution in [0.25, 0.3) is 10.2 Å². The molecule has 32 heavy (non-hydrogen) atoms. The van der Waals surface area contributed by atoms with Crippen LogP contribution in [0.4, 0.5) is 0 Å². The van der Waals surface area contributed by atoms with Gasteiger partial charge in [0, 0.05) is 25.2 Å². The highest BCUT2D eigenvalue weighted by Crippen LogP contribution is 2.37. The number of rotatable bonds is 4. The third-order valence-electron chi connectivity index (χ3n) is 6.50. The molecule has 1 unspecified atom stereocenters. The van der Waals surface area contributed by atoms with Crippen molar-refractivity contribution < 1.29 is 13.2 Å². The number of hydrogen-bond donors (Lipinski definition) is 0. The molecule has 2 fully saturated rings. The molecule has 0 aliphatic carbocycles. The largest absolute Gasteiger partial charge is 0.329 e. The first kappa shape index (κ1) is 21.6. The molecule has 0 N–H and O–H groups in total. The molecule has 2 saturated heterocycles. The van der Waals surface area contributed by atoms with Gasteiger partial charge in [-0.1, -0.05) is 24.6 Å². The number of nitrogens with zero attached hydrogens (tertiary/aromatic N) is 3. The zero-order chi connectivity index (χ0) is 22.3. The van der Waals surface area contributed by atoms with Gasteiger partial charge in [0.15, 0.2) is 0 Å². The van der Waals surface area contributed by atoms with E-state index in [1.165, 1.54) is 0 Å². The van der Waals surface area contributed by atoms with Gasteiger partial charge in [0.25, 0.3) is 5.91 Å². The fourth-order valence-electron chi connectivity index (χ4n) is 4.70. The second kappa shape index (κ2) is 8.57. The van der Waals surface area contributed by atoms with Gasteiger partial charge in [0.1, 0.15) is 5.01 Å². The van der Waals surface area contributed by atoms with Crippen LogP contribution in [0, 0.1) is 6.92 Å². The van der Waals surface area contributed by atoms with Gasteiger partial charge in [-0.15, -0.1) is 11.3 Å². The van der Waals surface area contributed by atoms with Crippen LogP contribution in [0.2, 0.25) is 0 Å². The highest BCUT2D eigenvalue weighted by atomic mass is 32.2. The van der Waals surface area contributed by atoms with Crippen LogP contribution < -0.4 is 0 Å². The molecule has 1 atom stereocenters. The normalized spacial score (nSPS) is 20.2. The second-order valence-electron chi connectivity index (χ2n) is 8.62. The number of benzene rings is 2. The number of aryl methyl sites for hydroxylation is 1. The van der Waals surface area contributed by atoms with Crippen LogP contribution in [0.5, 0.6) is 0 Å². The van der Waals surface area contributed by atoms with Crippen molar-refractivity contribution in [3.05, 3.63) is 58.6 Å². The first-order chi connectivity index (χ1) is 15.4. The molecule has 0 bridgehead atoms. The highest BCUT2D eigenvalue weighted by Gasteiger charge is 2.34. The van der Waals surface area contributed by atoms with Crippen molar-refractivity contribution in [2.45, 2.75) is 50.0 Å². The minimum Gasteiger partial charge on any atom is -0.329 e. The molecule has 0 saturated carbocycles. The zero-order valence-electron chi connectivity index (χ0n) is 18.2. The van der Waals surface area contributed by atoms with E-state index in [9.17, 15) is 13.2 Å². The molecule has 5 rings (SSSR count). The van der Waals surface area contributed by atoms with E-state index < -0.39 is 10.0 Å². The molecule has 0 spiro atoms. The van der Waals surface area contributed by atoms with Crippen LogP contribution in [0.15, 0.2) is 47.4 Å². The summed E-state index contributed by atoms with van der Waals surface area (Å²) in [6, 6.07) is 12.9. The molecule has 2 aliphatic rings. The summed E-state index contributed by atoms with van der Waals surface area (Å²) in [5.74, 6) is -0.111. The lowest BCUT2D eigenvalue weighted by molar-refractivity contribution is 0.0734. The van der Waals surface area contributed by atoms with E-state index in [-0.39, 0.29) is 16.8 Å². The van der Waals surface area contributed by atoms with E-state index in [0.717, 1.165) is 52.9 Å². The number of likely N-dealkylation sites (tertiary alicyclic amines) is 1. The first-order valence-corrected chi connectivity index (χ1v) is 13.5. The van der Waals surface area contributed by atoms with Gasteiger partial charge in [-0.05, 0) is 62.4 Å². The Kier molecular flexibility index (Phi) is 5.77. The Morgan fingerprint density at radius 1 is 1.03 bits per heavy atom. The monoisotopic (exact) mass is 469 g/mol. The van der Waals surface area contributed by atoms with Gasteiger partial charge in [-0.3, -0.25) is 4.79 Å². The van der Waals surface area contributed by atoms with Crippen LogP contribution in [-0.2, 0) is 10.0 Å². The minimum atomic E-state index is -3.59. The lowest BCUT2D eigenvalue weighted by atomic mass is 10.1. The molecule has 2 aliphatic heterocycles. The summed E-state index contributed by atoms with van der Waals surface area (Å²) >= 11 is 1.63. The summed E-state index contributed by atoms with van der Waals surface area (Å²) in [6.45, 7) is 3.62. The number of thiazole rings is 1. The quantitative estimate of drug-likeness (QED) is 0.553. The molecule has 3 aromatic rings. The molecule has 1 aromatic heterocycles. The van der Waals surface area contributed by atoms with Gasteiger partial charge in [0.2, 0.25) is 10.0 Å². The van der Waals surface area contributed by atoms with Gasteiger partial charge in [0.05, 0.1) is 21.2 Å². The van der Waals surface area contributed by atoms with Gasteiger partial charge < -0.3 is 4.90 Å². The van der Waals surface area contributed by atoms with E-state index in [1.54, 1.807) is 33.8 Å². The van der Waals surface area contributed by atoms with Crippen molar-refractivity contribution in [3.8, 4) is 0 Å². The maximum absolute atomic E-state index is 13.6. The van der Waals surface area contributed by atoms with E-state index in [4.69, 9.17) is 4.98 Å². The minimum absolute atomic E-state index is 0.0679. The number of piperidine rings is 1. The number of fused-ring (bicyclic) bond motifs is 1. The van der Waals surface area contributed by atoms with E-state index in [2.05, 4.69) is 6.07 Å². The highest BCUT2D eigenvalue weighted by molar-refractivity contribution is 7.89. The summed E-state index contributed by atoms with van der Waals surface area (Å²) in [4.78, 5) is 20.5. The summed E-state index contributed by atoms with van der Waals surface area (Å²) in [5.41, 5.74) is 2.22. The summed E-state index contributed by atoms with van der Waals surface area (Å²) in [5, 5.41) is 0.951. The Hall–Kier alpha value is -2.29. The molecule has 3 heterocycles. The Bertz CT molecular complexity index is 1230. The topological polar surface area (TPSA) is 70.6 Å². The van der Waals surface area contributed by atoms with Crippen molar-refractivity contribution in [2.75, 3.05) is 19.6 Å². The number of amides is 1. The predicted octanol–water partition coefficient (Wildman–Crippen LogP) is 4.76. The standard InChI is InChI=1S/C24H27N3O3S2/c1-17-11-12-18(32(29,30)26-13-5-2-6-14-26)16-19(17)24(28)27-15-7-9-21(27)23-25-20-8-3-4-10-22(20)31-23/h3-4,8,10-12,16,21H,2,5-7,9,13-15H2,1H3. The molecule has 6 nitrogen and oxygen atoms in total. The van der Waals surface area contributed by atoms with Crippen LogP contribution >= 0.6 is 11.3 Å². The SMILES string of the molecule is Cc1ccc(S(=O)(=O)N2CCCCC2)cc1C(=O)N1CCCC1c1nc2ccccc2s1. The molecule has 8 heteroatoms.